The number of aliphatic imine (C=N–C) groups is 1. The first-order valence-corrected chi connectivity index (χ1v) is 4.81. The standard InChI is InChI=1S/C8H16N4O5.2ClH/c9-5(7(15)16)2-1-3-11-8(10)12-17-4-6(13)14;;/h5H,1-4,9H2,(H,13,14)(H,15,16)(H3,10,11,12);2*1H/t5-;;/m0../s1. The number of nitrogens with one attached hydrogen (secondary N) is 1. The van der Waals surface area contributed by atoms with Crippen molar-refractivity contribution in [2.24, 2.45) is 16.5 Å². The monoisotopic (exact) mass is 320 g/mol. The van der Waals surface area contributed by atoms with Crippen molar-refractivity contribution < 1.29 is 24.6 Å². The van der Waals surface area contributed by atoms with E-state index >= 15 is 0 Å². The Kier molecular flexibility index (Phi) is 15.8. The van der Waals surface area contributed by atoms with Gasteiger partial charge in [-0.05, 0) is 12.8 Å². The third-order valence-electron chi connectivity index (χ3n) is 1.64. The van der Waals surface area contributed by atoms with Gasteiger partial charge in [0.1, 0.15) is 6.04 Å². The van der Waals surface area contributed by atoms with Crippen molar-refractivity contribution in [2.45, 2.75) is 18.9 Å². The van der Waals surface area contributed by atoms with Gasteiger partial charge in [-0.1, -0.05) is 0 Å². The van der Waals surface area contributed by atoms with Gasteiger partial charge in [-0.2, -0.15) is 0 Å². The van der Waals surface area contributed by atoms with Gasteiger partial charge in [0, 0.05) is 6.54 Å². The summed E-state index contributed by atoms with van der Waals surface area (Å²) in [6.07, 6.45) is 0.733. The number of halogens is 2. The normalized spacial score (nSPS) is 11.7. The Balaban J connectivity index is -0.00000128. The van der Waals surface area contributed by atoms with Crippen molar-refractivity contribution in [1.29, 1.82) is 0 Å². The first-order valence-electron chi connectivity index (χ1n) is 4.81. The zero-order valence-corrected chi connectivity index (χ0v) is 11.6. The molecule has 0 radical (unpaired) electrons. The van der Waals surface area contributed by atoms with Crippen LogP contribution in [0, 0.1) is 0 Å². The molecular formula is C8H18Cl2N4O5. The predicted octanol–water partition coefficient (Wildman–Crippen LogP) is -1.06. The molecule has 0 bridgehead atoms. The topological polar surface area (TPSA) is 160 Å². The van der Waals surface area contributed by atoms with Crippen molar-refractivity contribution in [3.8, 4) is 0 Å². The summed E-state index contributed by atoms with van der Waals surface area (Å²) >= 11 is 0. The molecule has 0 aromatic heterocycles. The molecule has 0 fully saturated rings. The quantitative estimate of drug-likeness (QED) is 0.164. The minimum Gasteiger partial charge on any atom is -0.480 e. The molecule has 19 heavy (non-hydrogen) atoms. The van der Waals surface area contributed by atoms with Gasteiger partial charge in [-0.15, -0.1) is 24.8 Å². The average molecular weight is 321 g/mol. The molecule has 0 heterocycles. The summed E-state index contributed by atoms with van der Waals surface area (Å²) in [5, 5.41) is 16.7. The molecule has 0 aromatic rings. The predicted molar refractivity (Wildman–Crippen MR) is 72.6 cm³/mol. The fraction of sp³-hybridized carbons (Fsp3) is 0.625. The van der Waals surface area contributed by atoms with Crippen LogP contribution in [0.5, 0.6) is 0 Å². The van der Waals surface area contributed by atoms with Gasteiger partial charge in [-0.3, -0.25) is 14.6 Å². The molecule has 114 valence electrons. The Bertz CT molecular complexity index is 303. The van der Waals surface area contributed by atoms with Crippen LogP contribution >= 0.6 is 24.8 Å². The number of carboxylic acid groups (broad SMARTS) is 2. The molecule has 1 atom stereocenters. The molecule has 9 nitrogen and oxygen atoms in total. The minimum absolute atomic E-state index is 0. The maximum absolute atomic E-state index is 10.4. The number of hydroxylamine groups is 1. The number of carbonyl (C=O) groups is 2. The third kappa shape index (κ3) is 14.7. The zero-order chi connectivity index (χ0) is 13.3. The van der Waals surface area contributed by atoms with Gasteiger partial charge < -0.3 is 21.7 Å². The van der Waals surface area contributed by atoms with E-state index in [2.05, 4.69) is 15.3 Å². The zero-order valence-electron chi connectivity index (χ0n) is 9.94. The second-order valence-corrected chi connectivity index (χ2v) is 3.14. The van der Waals surface area contributed by atoms with Crippen LogP contribution in [0.4, 0.5) is 0 Å². The van der Waals surface area contributed by atoms with Crippen LogP contribution in [0.1, 0.15) is 12.8 Å². The molecular weight excluding hydrogens is 303 g/mol. The number of nitrogens with zero attached hydrogens (tertiary/aromatic N) is 1. The van der Waals surface area contributed by atoms with Crippen molar-refractivity contribution >= 4 is 42.7 Å². The van der Waals surface area contributed by atoms with Crippen molar-refractivity contribution in [3.05, 3.63) is 0 Å². The Morgan fingerprint density at radius 3 is 2.37 bits per heavy atom. The first-order chi connectivity index (χ1) is 7.93. The summed E-state index contributed by atoms with van der Waals surface area (Å²) in [6, 6.07) is -0.914. The van der Waals surface area contributed by atoms with Crippen molar-refractivity contribution in [2.75, 3.05) is 13.2 Å². The Labute approximate surface area is 122 Å². The van der Waals surface area contributed by atoms with E-state index in [0.717, 1.165) is 0 Å². The number of nitrogens with two attached hydrogens (primary N) is 2. The number of guanidine groups is 1. The lowest BCUT2D eigenvalue weighted by atomic mass is 10.2. The fourth-order valence-corrected chi connectivity index (χ4v) is 0.838. The fourth-order valence-electron chi connectivity index (χ4n) is 0.838. The number of hydrogen-bond acceptors (Lipinski definition) is 5. The van der Waals surface area contributed by atoms with Crippen LogP contribution < -0.4 is 16.9 Å². The number of hydrogen-bond donors (Lipinski definition) is 5. The maximum atomic E-state index is 10.4. The summed E-state index contributed by atoms with van der Waals surface area (Å²) in [5.41, 5.74) is 12.7. The SMILES string of the molecule is Cl.Cl.NC(=NCCC[C@H](N)C(=O)O)NOCC(=O)O. The van der Waals surface area contributed by atoms with E-state index in [-0.39, 0.29) is 43.7 Å². The molecule has 0 aromatic carbocycles. The lowest BCUT2D eigenvalue weighted by Gasteiger charge is -2.05. The molecule has 0 saturated carbocycles. The van der Waals surface area contributed by atoms with Gasteiger partial charge in [-0.25, -0.2) is 10.3 Å². The lowest BCUT2D eigenvalue weighted by molar-refractivity contribution is -0.143. The van der Waals surface area contributed by atoms with Crippen LogP contribution in [0.2, 0.25) is 0 Å². The smallest absolute Gasteiger partial charge is 0.332 e. The Morgan fingerprint density at radius 1 is 1.32 bits per heavy atom. The van der Waals surface area contributed by atoms with Crippen LogP contribution in [0.15, 0.2) is 4.99 Å². The molecule has 0 rings (SSSR count). The van der Waals surface area contributed by atoms with Crippen molar-refractivity contribution in [3.63, 3.8) is 0 Å². The van der Waals surface area contributed by atoms with Crippen LogP contribution in [-0.4, -0.2) is 47.3 Å². The maximum Gasteiger partial charge on any atom is 0.332 e. The van der Waals surface area contributed by atoms with Crippen molar-refractivity contribution in [1.82, 2.24) is 5.48 Å². The van der Waals surface area contributed by atoms with E-state index in [9.17, 15) is 9.59 Å². The Morgan fingerprint density at radius 2 is 1.89 bits per heavy atom. The second kappa shape index (κ2) is 13.1. The molecule has 0 aliphatic heterocycles. The van der Waals surface area contributed by atoms with Gasteiger partial charge in [0.15, 0.2) is 6.61 Å². The summed E-state index contributed by atoms with van der Waals surface area (Å²) in [4.78, 5) is 28.6. The summed E-state index contributed by atoms with van der Waals surface area (Å²) in [6.45, 7) is -0.268. The average Bonchev–Trinajstić information content (AvgIpc) is 2.23. The second-order valence-electron chi connectivity index (χ2n) is 3.14. The highest BCUT2D eigenvalue weighted by atomic mass is 35.5. The highest BCUT2D eigenvalue weighted by Gasteiger charge is 2.09. The minimum atomic E-state index is -1.14. The first kappa shape index (κ1) is 22.9. The number of rotatable bonds is 8. The molecule has 0 spiro atoms. The van der Waals surface area contributed by atoms with Gasteiger partial charge in [0.2, 0.25) is 5.96 Å². The molecule has 11 heteroatoms. The molecule has 0 aliphatic rings. The molecule has 0 aliphatic carbocycles. The molecule has 0 unspecified atom stereocenters. The molecule has 7 N–H and O–H groups in total. The highest BCUT2D eigenvalue weighted by Crippen LogP contribution is 1.94. The summed E-state index contributed by atoms with van der Waals surface area (Å²) < 4.78 is 0. The summed E-state index contributed by atoms with van der Waals surface area (Å²) in [7, 11) is 0. The van der Waals surface area contributed by atoms with Gasteiger partial charge in [0.05, 0.1) is 0 Å². The highest BCUT2D eigenvalue weighted by molar-refractivity contribution is 5.85. The van der Waals surface area contributed by atoms with Gasteiger partial charge in [0.25, 0.3) is 0 Å². The molecule has 0 amide bonds. The van der Waals surface area contributed by atoms with Crippen LogP contribution in [0.3, 0.4) is 0 Å². The number of carboxylic acids is 2. The lowest BCUT2D eigenvalue weighted by Crippen LogP contribution is -2.33. The van der Waals surface area contributed by atoms with E-state index in [0.29, 0.717) is 6.42 Å². The van der Waals surface area contributed by atoms with Gasteiger partial charge >= 0.3 is 11.9 Å². The summed E-state index contributed by atoms with van der Waals surface area (Å²) in [5.74, 6) is -2.28. The van der Waals surface area contributed by atoms with Crippen LogP contribution in [-0.2, 0) is 14.4 Å². The third-order valence-corrected chi connectivity index (χ3v) is 1.64. The van der Waals surface area contributed by atoms with E-state index in [1.54, 1.807) is 0 Å². The van der Waals surface area contributed by atoms with E-state index in [1.165, 1.54) is 0 Å². The molecule has 0 saturated heterocycles. The van der Waals surface area contributed by atoms with E-state index in [4.69, 9.17) is 21.7 Å². The van der Waals surface area contributed by atoms with E-state index in [1.807, 2.05) is 0 Å². The van der Waals surface area contributed by atoms with Crippen LogP contribution in [0.25, 0.3) is 0 Å². The van der Waals surface area contributed by atoms with E-state index < -0.39 is 24.6 Å². The largest absolute Gasteiger partial charge is 0.480 e. The number of aliphatic carboxylic acids is 2. The Hall–Kier alpha value is -1.29.